The number of halogens is 2. The third kappa shape index (κ3) is 5.55. The quantitative estimate of drug-likeness (QED) is 0.706. The van der Waals surface area contributed by atoms with E-state index < -0.39 is 17.5 Å². The van der Waals surface area contributed by atoms with Gasteiger partial charge in [-0.2, -0.15) is 0 Å². The second-order valence-electron chi connectivity index (χ2n) is 8.19. The van der Waals surface area contributed by atoms with E-state index in [9.17, 15) is 18.4 Å². The van der Waals surface area contributed by atoms with E-state index in [1.165, 1.54) is 11.0 Å². The number of ether oxygens (including phenoxy) is 1. The summed E-state index contributed by atoms with van der Waals surface area (Å²) in [5.74, 6) is -1.93. The molecule has 3 rings (SSSR count). The molecule has 0 N–H and O–H groups in total. The Morgan fingerprint density at radius 2 is 1.87 bits per heavy atom. The molecule has 1 atom stereocenters. The summed E-state index contributed by atoms with van der Waals surface area (Å²) in [6.45, 7) is 5.55. The average Bonchev–Trinajstić information content (AvgIpc) is 2.74. The van der Waals surface area contributed by atoms with E-state index in [1.54, 1.807) is 14.0 Å². The van der Waals surface area contributed by atoms with Crippen LogP contribution in [0.15, 0.2) is 18.2 Å². The molecule has 0 spiro atoms. The highest BCUT2D eigenvalue weighted by Gasteiger charge is 2.32. The number of benzene rings is 1. The molecule has 0 aromatic heterocycles. The van der Waals surface area contributed by atoms with Crippen molar-refractivity contribution in [3.05, 3.63) is 35.4 Å². The summed E-state index contributed by atoms with van der Waals surface area (Å²) < 4.78 is 32.7. The van der Waals surface area contributed by atoms with E-state index in [0.717, 1.165) is 44.4 Å². The van der Waals surface area contributed by atoms with E-state index in [2.05, 4.69) is 4.90 Å². The average molecular weight is 424 g/mol. The number of piperidine rings is 1. The number of nitrogens with zero attached hydrogens (tertiary/aromatic N) is 3. The SMILES string of the molecule is CC(=O)N1CCC[C@H](N(CCN(C)C(=O)c2ccc(F)cc2F)C2CCOCC2)C1. The van der Waals surface area contributed by atoms with Crippen molar-refractivity contribution in [2.24, 2.45) is 0 Å². The van der Waals surface area contributed by atoms with Crippen LogP contribution in [0.1, 0.15) is 43.0 Å². The van der Waals surface area contributed by atoms with Gasteiger partial charge >= 0.3 is 0 Å². The van der Waals surface area contributed by atoms with E-state index in [-0.39, 0.29) is 17.5 Å². The zero-order valence-corrected chi connectivity index (χ0v) is 17.8. The van der Waals surface area contributed by atoms with Crippen molar-refractivity contribution in [2.75, 3.05) is 46.4 Å². The molecular weight excluding hydrogens is 392 g/mol. The maximum Gasteiger partial charge on any atom is 0.256 e. The lowest BCUT2D eigenvalue weighted by molar-refractivity contribution is -0.131. The summed E-state index contributed by atoms with van der Waals surface area (Å²) in [5.41, 5.74) is -0.128. The molecule has 166 valence electrons. The lowest BCUT2D eigenvalue weighted by Crippen LogP contribution is -2.55. The van der Waals surface area contributed by atoms with E-state index in [4.69, 9.17) is 4.74 Å². The van der Waals surface area contributed by atoms with Gasteiger partial charge in [-0.3, -0.25) is 14.5 Å². The standard InChI is InChI=1S/C22H31F2N3O3/c1-16(28)26-9-3-4-19(15-26)27(18-7-12-30-13-8-18)11-10-25(2)22(29)20-6-5-17(23)14-21(20)24/h5-6,14,18-19H,3-4,7-13,15H2,1-2H3/t19-/m0/s1. The highest BCUT2D eigenvalue weighted by Crippen LogP contribution is 2.23. The molecule has 2 aliphatic heterocycles. The normalized spacial score (nSPS) is 20.4. The van der Waals surface area contributed by atoms with Crippen LogP contribution in [-0.4, -0.2) is 85.0 Å². The van der Waals surface area contributed by atoms with Gasteiger partial charge in [-0.15, -0.1) is 0 Å². The first-order valence-corrected chi connectivity index (χ1v) is 10.7. The van der Waals surface area contributed by atoms with Crippen LogP contribution in [0.2, 0.25) is 0 Å². The second kappa shape index (κ2) is 10.3. The minimum absolute atomic E-state index is 0.0886. The number of carbonyl (C=O) groups excluding carboxylic acids is 2. The molecule has 8 heteroatoms. The molecule has 0 unspecified atom stereocenters. The fourth-order valence-electron chi connectivity index (χ4n) is 4.43. The van der Waals surface area contributed by atoms with Gasteiger partial charge in [-0.1, -0.05) is 0 Å². The summed E-state index contributed by atoms with van der Waals surface area (Å²) in [6, 6.07) is 3.58. The van der Waals surface area contributed by atoms with E-state index >= 15 is 0 Å². The summed E-state index contributed by atoms with van der Waals surface area (Å²) in [7, 11) is 1.63. The fourth-order valence-corrected chi connectivity index (χ4v) is 4.43. The molecule has 0 saturated carbocycles. The monoisotopic (exact) mass is 423 g/mol. The Labute approximate surface area is 176 Å². The van der Waals surface area contributed by atoms with Gasteiger partial charge in [0.05, 0.1) is 5.56 Å². The molecule has 2 fully saturated rings. The molecule has 30 heavy (non-hydrogen) atoms. The van der Waals surface area contributed by atoms with Crippen molar-refractivity contribution in [1.82, 2.24) is 14.7 Å². The van der Waals surface area contributed by atoms with Crippen molar-refractivity contribution in [1.29, 1.82) is 0 Å². The summed E-state index contributed by atoms with van der Waals surface area (Å²) >= 11 is 0. The number of amides is 2. The first-order chi connectivity index (χ1) is 14.4. The van der Waals surface area contributed by atoms with Crippen LogP contribution in [0, 0.1) is 11.6 Å². The Morgan fingerprint density at radius 3 is 2.53 bits per heavy atom. The number of rotatable bonds is 6. The number of carbonyl (C=O) groups is 2. The van der Waals surface area contributed by atoms with Crippen molar-refractivity contribution >= 4 is 11.8 Å². The van der Waals surface area contributed by atoms with Crippen LogP contribution < -0.4 is 0 Å². The van der Waals surface area contributed by atoms with Crippen LogP contribution in [0.25, 0.3) is 0 Å². The number of hydrogen-bond donors (Lipinski definition) is 0. The molecule has 6 nitrogen and oxygen atoms in total. The van der Waals surface area contributed by atoms with Gasteiger partial charge in [0.2, 0.25) is 5.91 Å². The fraction of sp³-hybridized carbons (Fsp3) is 0.636. The number of likely N-dealkylation sites (N-methyl/N-ethyl adjacent to an activating group) is 1. The van der Waals surface area contributed by atoms with Gasteiger partial charge in [0.25, 0.3) is 5.91 Å². The topological polar surface area (TPSA) is 53.1 Å². The third-order valence-electron chi connectivity index (χ3n) is 6.17. The molecular formula is C22H31F2N3O3. The Kier molecular flexibility index (Phi) is 7.77. The predicted molar refractivity (Wildman–Crippen MR) is 109 cm³/mol. The maximum absolute atomic E-state index is 14.0. The number of hydrogen-bond acceptors (Lipinski definition) is 4. The van der Waals surface area contributed by atoms with Gasteiger partial charge in [-0.05, 0) is 37.8 Å². The molecule has 0 aliphatic carbocycles. The van der Waals surface area contributed by atoms with E-state index in [1.807, 2.05) is 4.90 Å². The van der Waals surface area contributed by atoms with Crippen molar-refractivity contribution < 1.29 is 23.1 Å². The third-order valence-corrected chi connectivity index (χ3v) is 6.17. The Morgan fingerprint density at radius 1 is 1.13 bits per heavy atom. The largest absolute Gasteiger partial charge is 0.381 e. The van der Waals surface area contributed by atoms with Crippen LogP contribution >= 0.6 is 0 Å². The molecule has 0 radical (unpaired) electrons. The zero-order chi connectivity index (χ0) is 21.7. The van der Waals surface area contributed by atoms with Crippen LogP contribution in [0.4, 0.5) is 8.78 Å². The first-order valence-electron chi connectivity index (χ1n) is 10.7. The lowest BCUT2D eigenvalue weighted by atomic mass is 9.98. The summed E-state index contributed by atoms with van der Waals surface area (Å²) in [5, 5.41) is 0. The molecule has 1 aromatic rings. The van der Waals surface area contributed by atoms with Gasteiger partial charge in [0.1, 0.15) is 11.6 Å². The number of likely N-dealkylation sites (tertiary alicyclic amines) is 1. The van der Waals surface area contributed by atoms with Crippen LogP contribution in [-0.2, 0) is 9.53 Å². The molecule has 2 saturated heterocycles. The van der Waals surface area contributed by atoms with E-state index in [0.29, 0.717) is 38.9 Å². The smallest absolute Gasteiger partial charge is 0.256 e. The Bertz CT molecular complexity index is 755. The van der Waals surface area contributed by atoms with Crippen LogP contribution in [0.3, 0.4) is 0 Å². The maximum atomic E-state index is 14.0. The summed E-state index contributed by atoms with van der Waals surface area (Å²) in [4.78, 5) is 30.3. The Balaban J connectivity index is 1.68. The van der Waals surface area contributed by atoms with Gasteiger partial charge in [0, 0.05) is 71.5 Å². The van der Waals surface area contributed by atoms with Crippen molar-refractivity contribution in [2.45, 2.75) is 44.7 Å². The van der Waals surface area contributed by atoms with Gasteiger partial charge < -0.3 is 14.5 Å². The molecule has 0 bridgehead atoms. The highest BCUT2D eigenvalue weighted by atomic mass is 19.1. The van der Waals surface area contributed by atoms with Crippen molar-refractivity contribution in [3.8, 4) is 0 Å². The Hall–Kier alpha value is -2.06. The van der Waals surface area contributed by atoms with Gasteiger partial charge in [0.15, 0.2) is 0 Å². The first kappa shape index (κ1) is 22.6. The second-order valence-corrected chi connectivity index (χ2v) is 8.19. The van der Waals surface area contributed by atoms with Crippen LogP contribution in [0.5, 0.6) is 0 Å². The van der Waals surface area contributed by atoms with Crippen molar-refractivity contribution in [3.63, 3.8) is 0 Å². The molecule has 2 heterocycles. The minimum atomic E-state index is -0.850. The highest BCUT2D eigenvalue weighted by molar-refractivity contribution is 5.94. The zero-order valence-electron chi connectivity index (χ0n) is 17.8. The van der Waals surface area contributed by atoms with Gasteiger partial charge in [-0.25, -0.2) is 8.78 Å². The predicted octanol–water partition coefficient (Wildman–Crippen LogP) is 2.53. The lowest BCUT2D eigenvalue weighted by Gasteiger charge is -2.44. The summed E-state index contributed by atoms with van der Waals surface area (Å²) in [6.07, 6.45) is 3.80. The minimum Gasteiger partial charge on any atom is -0.381 e. The molecule has 2 aliphatic rings. The molecule has 2 amide bonds. The molecule has 1 aromatic carbocycles.